The van der Waals surface area contributed by atoms with Gasteiger partial charge in [-0.25, -0.2) is 0 Å². The highest BCUT2D eigenvalue weighted by Gasteiger charge is 2.17. The third-order valence-corrected chi connectivity index (χ3v) is 4.02. The first-order valence-electron chi connectivity index (χ1n) is 8.03. The van der Waals surface area contributed by atoms with E-state index in [0.717, 1.165) is 11.3 Å². The Labute approximate surface area is 160 Å². The van der Waals surface area contributed by atoms with Crippen molar-refractivity contribution in [1.29, 1.82) is 0 Å². The van der Waals surface area contributed by atoms with Crippen molar-refractivity contribution in [2.24, 2.45) is 0 Å². The van der Waals surface area contributed by atoms with Crippen LogP contribution in [0.2, 0.25) is 5.02 Å². The third kappa shape index (κ3) is 4.48. The predicted octanol–water partition coefficient (Wildman–Crippen LogP) is 3.15. The first kappa shape index (κ1) is 18.5. The monoisotopic (exact) mass is 387 g/mol. The Morgan fingerprint density at radius 1 is 1.07 bits per heavy atom. The molecule has 0 aliphatic carbocycles. The molecule has 0 saturated carbocycles. The Morgan fingerprint density at radius 3 is 2.52 bits per heavy atom. The van der Waals surface area contributed by atoms with Crippen molar-refractivity contribution in [1.82, 2.24) is 20.7 Å². The van der Waals surface area contributed by atoms with Gasteiger partial charge in [-0.3, -0.25) is 4.79 Å². The molecule has 1 heterocycles. The van der Waals surface area contributed by atoms with E-state index in [1.54, 1.807) is 50.6 Å². The molecular formula is C18H18ClN5O3. The first-order valence-corrected chi connectivity index (χ1v) is 8.41. The van der Waals surface area contributed by atoms with Gasteiger partial charge < -0.3 is 20.1 Å². The average molecular weight is 388 g/mol. The van der Waals surface area contributed by atoms with Gasteiger partial charge in [-0.2, -0.15) is 5.21 Å². The van der Waals surface area contributed by atoms with Crippen LogP contribution < -0.4 is 20.1 Å². The molecule has 0 unspecified atom stereocenters. The van der Waals surface area contributed by atoms with E-state index in [1.165, 1.54) is 0 Å². The highest BCUT2D eigenvalue weighted by molar-refractivity contribution is 6.30. The maximum absolute atomic E-state index is 12.5. The zero-order valence-corrected chi connectivity index (χ0v) is 15.5. The van der Waals surface area contributed by atoms with Crippen LogP contribution in [0.15, 0.2) is 42.5 Å². The molecule has 0 saturated heterocycles. The van der Waals surface area contributed by atoms with Gasteiger partial charge in [0.25, 0.3) is 5.91 Å². The van der Waals surface area contributed by atoms with Gasteiger partial charge in [0.1, 0.15) is 0 Å². The van der Waals surface area contributed by atoms with E-state index in [4.69, 9.17) is 21.1 Å². The van der Waals surface area contributed by atoms with Crippen LogP contribution in [-0.2, 0) is 6.54 Å². The van der Waals surface area contributed by atoms with Gasteiger partial charge in [-0.15, -0.1) is 10.2 Å². The molecule has 0 atom stereocenters. The Morgan fingerprint density at radius 2 is 1.81 bits per heavy atom. The number of hydrogen-bond acceptors (Lipinski definition) is 6. The fourth-order valence-corrected chi connectivity index (χ4v) is 2.53. The van der Waals surface area contributed by atoms with Crippen molar-refractivity contribution in [2.45, 2.75) is 6.54 Å². The number of carbonyl (C=O) groups is 1. The lowest BCUT2D eigenvalue weighted by Gasteiger charge is -2.10. The number of hydrogen-bond donors (Lipinski definition) is 3. The molecule has 2 aromatic carbocycles. The highest BCUT2D eigenvalue weighted by atomic mass is 35.5. The minimum atomic E-state index is -0.366. The van der Waals surface area contributed by atoms with Gasteiger partial charge in [0.15, 0.2) is 23.0 Å². The van der Waals surface area contributed by atoms with Crippen LogP contribution in [0.5, 0.6) is 11.5 Å². The second kappa shape index (κ2) is 8.41. The number of methoxy groups -OCH3 is 2. The van der Waals surface area contributed by atoms with Gasteiger partial charge in [0.2, 0.25) is 0 Å². The van der Waals surface area contributed by atoms with Crippen molar-refractivity contribution in [3.63, 3.8) is 0 Å². The lowest BCUT2D eigenvalue weighted by atomic mass is 10.2. The molecule has 0 aliphatic rings. The molecule has 3 rings (SSSR count). The lowest BCUT2D eigenvalue weighted by molar-refractivity contribution is 0.0946. The zero-order valence-electron chi connectivity index (χ0n) is 14.7. The van der Waals surface area contributed by atoms with E-state index < -0.39 is 0 Å². The van der Waals surface area contributed by atoms with Crippen molar-refractivity contribution in [2.75, 3.05) is 19.5 Å². The number of rotatable bonds is 7. The molecule has 0 fully saturated rings. The van der Waals surface area contributed by atoms with E-state index in [-0.39, 0.29) is 11.6 Å². The molecule has 27 heavy (non-hydrogen) atoms. The molecule has 3 aromatic rings. The van der Waals surface area contributed by atoms with Crippen LogP contribution in [0, 0.1) is 0 Å². The van der Waals surface area contributed by atoms with Crippen molar-refractivity contribution in [3.8, 4) is 11.5 Å². The standard InChI is InChI=1S/C18H18ClN5O3/c1-26-14-8-3-11(9-15(14)27-2)10-20-18(25)16-17(23-24-22-16)21-13-6-4-12(19)5-7-13/h3-9H,10H2,1-2H3,(H,20,25)(H2,21,22,23,24). The molecule has 0 aliphatic heterocycles. The van der Waals surface area contributed by atoms with E-state index in [1.807, 2.05) is 6.07 Å². The maximum atomic E-state index is 12.5. The fourth-order valence-electron chi connectivity index (χ4n) is 2.40. The van der Waals surface area contributed by atoms with Crippen LogP contribution in [0.1, 0.15) is 16.1 Å². The molecule has 1 aromatic heterocycles. The molecule has 8 nitrogen and oxygen atoms in total. The summed E-state index contributed by atoms with van der Waals surface area (Å²) in [5.41, 5.74) is 1.75. The first-order chi connectivity index (χ1) is 13.1. The van der Waals surface area contributed by atoms with Gasteiger partial charge in [0, 0.05) is 17.3 Å². The number of anilines is 2. The second-order valence-corrected chi connectivity index (χ2v) is 5.96. The summed E-state index contributed by atoms with van der Waals surface area (Å²) >= 11 is 5.87. The SMILES string of the molecule is COc1ccc(CNC(=O)c2n[nH]nc2Nc2ccc(Cl)cc2)cc1OC. The van der Waals surface area contributed by atoms with Crippen LogP contribution in [0.25, 0.3) is 0 Å². The number of H-pyrrole nitrogens is 1. The van der Waals surface area contributed by atoms with Crippen LogP contribution in [0.3, 0.4) is 0 Å². The summed E-state index contributed by atoms with van der Waals surface area (Å²) in [5, 5.41) is 16.8. The fraction of sp³-hybridized carbons (Fsp3) is 0.167. The van der Waals surface area contributed by atoms with Crippen LogP contribution >= 0.6 is 11.6 Å². The lowest BCUT2D eigenvalue weighted by Crippen LogP contribution is -2.24. The molecule has 140 valence electrons. The normalized spacial score (nSPS) is 10.3. The Kier molecular flexibility index (Phi) is 5.77. The molecule has 1 amide bonds. The predicted molar refractivity (Wildman–Crippen MR) is 102 cm³/mol. The van der Waals surface area contributed by atoms with Crippen molar-refractivity contribution in [3.05, 3.63) is 58.7 Å². The summed E-state index contributed by atoms with van der Waals surface area (Å²) in [5.74, 6) is 1.17. The van der Waals surface area contributed by atoms with Gasteiger partial charge >= 0.3 is 0 Å². The van der Waals surface area contributed by atoms with Crippen LogP contribution in [-0.4, -0.2) is 35.5 Å². The third-order valence-electron chi connectivity index (χ3n) is 3.77. The molecule has 0 spiro atoms. The second-order valence-electron chi connectivity index (χ2n) is 5.52. The summed E-state index contributed by atoms with van der Waals surface area (Å²) in [7, 11) is 3.13. The van der Waals surface area contributed by atoms with E-state index >= 15 is 0 Å². The highest BCUT2D eigenvalue weighted by Crippen LogP contribution is 2.27. The number of nitrogens with zero attached hydrogens (tertiary/aromatic N) is 2. The number of carbonyl (C=O) groups excluding carboxylic acids is 1. The molecule has 0 bridgehead atoms. The van der Waals surface area contributed by atoms with Gasteiger partial charge in [-0.1, -0.05) is 17.7 Å². The van der Waals surface area contributed by atoms with E-state index in [0.29, 0.717) is 28.9 Å². The van der Waals surface area contributed by atoms with Crippen LogP contribution in [0.4, 0.5) is 11.5 Å². The number of benzene rings is 2. The number of nitrogens with one attached hydrogen (secondary N) is 3. The molecular weight excluding hydrogens is 370 g/mol. The average Bonchev–Trinajstić information content (AvgIpc) is 3.15. The summed E-state index contributed by atoms with van der Waals surface area (Å²) in [6, 6.07) is 12.5. The number of ether oxygens (including phenoxy) is 2. The number of aromatic amines is 1. The number of aromatic nitrogens is 3. The Bertz CT molecular complexity index is 927. The van der Waals surface area contributed by atoms with E-state index in [2.05, 4.69) is 26.0 Å². The Hall–Kier alpha value is -3.26. The molecule has 9 heteroatoms. The Balaban J connectivity index is 1.67. The molecule has 3 N–H and O–H groups in total. The summed E-state index contributed by atoms with van der Waals surface area (Å²) in [6.07, 6.45) is 0. The van der Waals surface area contributed by atoms with E-state index in [9.17, 15) is 4.79 Å². The topological polar surface area (TPSA) is 101 Å². The largest absolute Gasteiger partial charge is 0.493 e. The van der Waals surface area contributed by atoms with Crippen molar-refractivity contribution < 1.29 is 14.3 Å². The number of amides is 1. The van der Waals surface area contributed by atoms with Crippen molar-refractivity contribution >= 4 is 29.0 Å². The molecule has 0 radical (unpaired) electrons. The quantitative estimate of drug-likeness (QED) is 0.575. The zero-order chi connectivity index (χ0) is 19.2. The van der Waals surface area contributed by atoms with Gasteiger partial charge in [0.05, 0.1) is 14.2 Å². The summed E-state index contributed by atoms with van der Waals surface area (Å²) in [6.45, 7) is 0.298. The maximum Gasteiger partial charge on any atom is 0.275 e. The minimum absolute atomic E-state index is 0.158. The summed E-state index contributed by atoms with van der Waals surface area (Å²) < 4.78 is 10.5. The number of halogens is 1. The smallest absolute Gasteiger partial charge is 0.275 e. The van der Waals surface area contributed by atoms with Gasteiger partial charge in [-0.05, 0) is 42.0 Å². The minimum Gasteiger partial charge on any atom is -0.493 e. The summed E-state index contributed by atoms with van der Waals surface area (Å²) in [4.78, 5) is 12.5.